The number of nitro groups is 1. The first-order valence-corrected chi connectivity index (χ1v) is 5.37. The zero-order chi connectivity index (χ0) is 12.0. The van der Waals surface area contributed by atoms with E-state index in [1.165, 1.54) is 4.68 Å². The van der Waals surface area contributed by atoms with E-state index in [1.807, 2.05) is 0 Å². The highest BCUT2D eigenvalue weighted by molar-refractivity contribution is 5.24. The van der Waals surface area contributed by atoms with Gasteiger partial charge in [0.2, 0.25) is 5.60 Å². The minimum Gasteiger partial charge on any atom is -0.426 e. The Hall–Kier alpha value is -2.17. The molecule has 1 saturated carbocycles. The number of nitrogens with zero attached hydrogens (tertiary/aromatic N) is 5. The quantitative estimate of drug-likeness (QED) is 0.529. The van der Waals surface area contributed by atoms with Crippen molar-refractivity contribution >= 4 is 5.95 Å². The molecular weight excluding hydrogens is 226 g/mol. The molecule has 0 aromatic carbocycles. The molecule has 1 aliphatic heterocycles. The third-order valence-electron chi connectivity index (χ3n) is 3.32. The molecule has 0 radical (unpaired) electrons. The van der Waals surface area contributed by atoms with E-state index < -0.39 is 16.5 Å². The van der Waals surface area contributed by atoms with Gasteiger partial charge >= 0.3 is 12.0 Å². The fourth-order valence-corrected chi connectivity index (χ4v) is 2.53. The molecule has 1 aromatic rings. The Bertz CT molecular complexity index is 533. The van der Waals surface area contributed by atoms with Crippen molar-refractivity contribution in [3.05, 3.63) is 10.1 Å². The van der Waals surface area contributed by atoms with Gasteiger partial charge in [0.15, 0.2) is 0 Å². The van der Waals surface area contributed by atoms with Crippen LogP contribution in [-0.4, -0.2) is 25.3 Å². The zero-order valence-corrected chi connectivity index (χ0v) is 8.87. The summed E-state index contributed by atoms with van der Waals surface area (Å²) in [6, 6.07) is 2.00. The maximum Gasteiger partial charge on any atom is 0.494 e. The zero-order valence-electron chi connectivity index (χ0n) is 8.87. The van der Waals surface area contributed by atoms with Crippen LogP contribution in [0.2, 0.25) is 0 Å². The standard InChI is InChI=1S/C9H9N5O3/c10-5-9-4-2-1-3-6(9)13-8(17-9)11-7(12-13)14(15)16/h6H,1-4H2/t6-,9+/m0/s1. The van der Waals surface area contributed by atoms with Gasteiger partial charge < -0.3 is 14.9 Å². The lowest BCUT2D eigenvalue weighted by atomic mass is 9.82. The van der Waals surface area contributed by atoms with Crippen LogP contribution >= 0.6 is 0 Å². The predicted molar refractivity (Wildman–Crippen MR) is 53.2 cm³/mol. The molecule has 0 bridgehead atoms. The molecule has 2 atom stereocenters. The summed E-state index contributed by atoms with van der Waals surface area (Å²) >= 11 is 0. The summed E-state index contributed by atoms with van der Waals surface area (Å²) in [6.45, 7) is 0. The molecule has 17 heavy (non-hydrogen) atoms. The molecule has 1 aromatic heterocycles. The topological polar surface area (TPSA) is 107 Å². The van der Waals surface area contributed by atoms with Gasteiger partial charge in [-0.05, 0) is 22.7 Å². The fourth-order valence-electron chi connectivity index (χ4n) is 2.53. The van der Waals surface area contributed by atoms with Crippen molar-refractivity contribution in [2.75, 3.05) is 0 Å². The fraction of sp³-hybridized carbons (Fsp3) is 0.667. The summed E-state index contributed by atoms with van der Waals surface area (Å²) in [5.74, 6) is -0.475. The summed E-state index contributed by atoms with van der Waals surface area (Å²) in [5, 5.41) is 23.6. The first-order chi connectivity index (χ1) is 8.16. The third kappa shape index (κ3) is 1.22. The monoisotopic (exact) mass is 235 g/mol. The summed E-state index contributed by atoms with van der Waals surface area (Å²) in [6.07, 6.45) is 3.23. The molecule has 3 rings (SSSR count). The van der Waals surface area contributed by atoms with E-state index in [-0.39, 0.29) is 12.1 Å². The van der Waals surface area contributed by atoms with E-state index in [0.29, 0.717) is 6.42 Å². The van der Waals surface area contributed by atoms with E-state index in [1.54, 1.807) is 0 Å². The van der Waals surface area contributed by atoms with Gasteiger partial charge in [0, 0.05) is 11.5 Å². The van der Waals surface area contributed by atoms with Gasteiger partial charge in [-0.1, -0.05) is 6.42 Å². The Morgan fingerprint density at radius 1 is 1.65 bits per heavy atom. The van der Waals surface area contributed by atoms with Gasteiger partial charge in [-0.15, -0.1) is 4.68 Å². The van der Waals surface area contributed by atoms with Gasteiger partial charge in [-0.2, -0.15) is 5.26 Å². The lowest BCUT2D eigenvalue weighted by molar-refractivity contribution is -0.394. The largest absolute Gasteiger partial charge is 0.494 e. The summed E-state index contributed by atoms with van der Waals surface area (Å²) < 4.78 is 6.89. The highest BCUT2D eigenvalue weighted by Gasteiger charge is 2.55. The predicted octanol–water partition coefficient (Wildman–Crippen LogP) is 0.956. The van der Waals surface area contributed by atoms with Gasteiger partial charge in [0.05, 0.1) is 0 Å². The molecule has 88 valence electrons. The highest BCUT2D eigenvalue weighted by Crippen LogP contribution is 2.46. The van der Waals surface area contributed by atoms with Crippen molar-refractivity contribution in [2.24, 2.45) is 0 Å². The lowest BCUT2D eigenvalue weighted by Crippen LogP contribution is -2.40. The SMILES string of the molecule is N#C[C@]12CCCC[C@@H]1n1nc([N+](=O)[O-])nc1O2. The van der Waals surface area contributed by atoms with Crippen molar-refractivity contribution in [3.8, 4) is 12.1 Å². The van der Waals surface area contributed by atoms with Crippen LogP contribution in [0.15, 0.2) is 0 Å². The maximum absolute atomic E-state index is 10.6. The van der Waals surface area contributed by atoms with E-state index in [0.717, 1.165) is 19.3 Å². The Balaban J connectivity index is 2.04. The first kappa shape index (κ1) is 10.0. The van der Waals surface area contributed by atoms with E-state index >= 15 is 0 Å². The van der Waals surface area contributed by atoms with Gasteiger partial charge in [-0.25, -0.2) is 0 Å². The molecule has 0 N–H and O–H groups in total. The minimum atomic E-state index is -0.928. The van der Waals surface area contributed by atoms with Gasteiger partial charge in [0.1, 0.15) is 12.1 Å². The normalized spacial score (nSPS) is 29.9. The van der Waals surface area contributed by atoms with Crippen LogP contribution in [0.3, 0.4) is 0 Å². The lowest BCUT2D eigenvalue weighted by Gasteiger charge is -2.29. The van der Waals surface area contributed by atoms with Crippen molar-refractivity contribution in [3.63, 3.8) is 0 Å². The Labute approximate surface area is 96.0 Å². The van der Waals surface area contributed by atoms with E-state index in [4.69, 9.17) is 4.74 Å². The van der Waals surface area contributed by atoms with Crippen molar-refractivity contribution in [2.45, 2.75) is 37.3 Å². The van der Waals surface area contributed by atoms with Crippen LogP contribution in [0.5, 0.6) is 6.01 Å². The Morgan fingerprint density at radius 3 is 3.18 bits per heavy atom. The maximum atomic E-state index is 10.6. The Kier molecular flexibility index (Phi) is 1.86. The molecule has 0 unspecified atom stereocenters. The Morgan fingerprint density at radius 2 is 2.47 bits per heavy atom. The van der Waals surface area contributed by atoms with Crippen LogP contribution in [0.25, 0.3) is 0 Å². The number of fused-ring (bicyclic) bond motifs is 3. The van der Waals surface area contributed by atoms with Gasteiger partial charge in [0.25, 0.3) is 0 Å². The molecule has 0 amide bonds. The van der Waals surface area contributed by atoms with Crippen LogP contribution in [0.4, 0.5) is 5.95 Å². The summed E-state index contributed by atoms with van der Waals surface area (Å²) in [7, 11) is 0. The molecule has 8 heteroatoms. The number of hydrogen-bond donors (Lipinski definition) is 0. The minimum absolute atomic E-state index is 0.0881. The molecule has 1 fully saturated rings. The molecule has 1 aliphatic carbocycles. The molecular formula is C9H9N5O3. The van der Waals surface area contributed by atoms with Crippen molar-refractivity contribution in [1.29, 1.82) is 5.26 Å². The van der Waals surface area contributed by atoms with Gasteiger partial charge in [-0.3, -0.25) is 0 Å². The average Bonchev–Trinajstić information content (AvgIpc) is 2.84. The van der Waals surface area contributed by atoms with Crippen molar-refractivity contribution in [1.82, 2.24) is 14.8 Å². The highest BCUT2D eigenvalue weighted by atomic mass is 16.6. The smallest absolute Gasteiger partial charge is 0.426 e. The second-order valence-electron chi connectivity index (χ2n) is 4.26. The number of aromatic nitrogens is 3. The second-order valence-corrected chi connectivity index (χ2v) is 4.26. The second kappa shape index (κ2) is 3.16. The summed E-state index contributed by atoms with van der Waals surface area (Å²) in [4.78, 5) is 13.6. The van der Waals surface area contributed by atoms with E-state index in [9.17, 15) is 15.4 Å². The summed E-state index contributed by atoms with van der Waals surface area (Å²) in [5.41, 5.74) is -0.928. The molecule has 2 aliphatic rings. The molecule has 0 saturated heterocycles. The van der Waals surface area contributed by atoms with Crippen LogP contribution in [0.1, 0.15) is 31.7 Å². The number of ether oxygens (including phenoxy) is 1. The van der Waals surface area contributed by atoms with Crippen LogP contribution in [-0.2, 0) is 0 Å². The first-order valence-electron chi connectivity index (χ1n) is 5.37. The molecule has 2 heterocycles. The van der Waals surface area contributed by atoms with E-state index in [2.05, 4.69) is 16.2 Å². The number of rotatable bonds is 1. The third-order valence-corrected chi connectivity index (χ3v) is 3.32. The number of hydrogen-bond acceptors (Lipinski definition) is 6. The average molecular weight is 235 g/mol. The van der Waals surface area contributed by atoms with Crippen LogP contribution in [0, 0.1) is 21.4 Å². The number of nitriles is 1. The molecule has 8 nitrogen and oxygen atoms in total. The van der Waals surface area contributed by atoms with Crippen LogP contribution < -0.4 is 4.74 Å². The molecule has 0 spiro atoms. The van der Waals surface area contributed by atoms with Crippen molar-refractivity contribution < 1.29 is 9.66 Å².